The number of hydrogen-bond donors (Lipinski definition) is 1. The Morgan fingerprint density at radius 1 is 1.53 bits per heavy atom. The first kappa shape index (κ1) is 13.3. The molecule has 0 atom stereocenters. The quantitative estimate of drug-likeness (QED) is 0.530. The van der Waals surface area contributed by atoms with E-state index in [4.69, 9.17) is 34.8 Å². The van der Waals surface area contributed by atoms with E-state index >= 15 is 0 Å². The Morgan fingerprint density at radius 2 is 2.20 bits per heavy atom. The summed E-state index contributed by atoms with van der Waals surface area (Å²) in [5.74, 6) is 0.143. The van der Waals surface area contributed by atoms with E-state index < -0.39 is 9.70 Å². The van der Waals surface area contributed by atoms with Crippen LogP contribution in [0, 0.1) is 0 Å². The highest BCUT2D eigenvalue weighted by molar-refractivity contribution is 8.01. The van der Waals surface area contributed by atoms with Crippen molar-refractivity contribution in [3.8, 4) is 0 Å². The van der Waals surface area contributed by atoms with E-state index in [9.17, 15) is 4.79 Å². The normalized spacial score (nSPS) is 11.5. The smallest absolute Gasteiger partial charge is 0.278 e. The molecular formula is C6H6Cl3N3OS2. The second-order valence-electron chi connectivity index (χ2n) is 2.26. The number of anilines is 1. The van der Waals surface area contributed by atoms with Crippen LogP contribution >= 0.6 is 57.9 Å². The molecule has 0 aromatic carbocycles. The van der Waals surface area contributed by atoms with Crippen molar-refractivity contribution in [3.05, 3.63) is 0 Å². The van der Waals surface area contributed by atoms with Crippen LogP contribution in [0.1, 0.15) is 6.92 Å². The Hall–Kier alpha value is 0.250. The summed E-state index contributed by atoms with van der Waals surface area (Å²) >= 11 is 18.9. The zero-order chi connectivity index (χ0) is 11.5. The standard InChI is InChI=1S/C6H6Cl3N3OS2/c1-2-14-5-12-11-4(15-5)10-3(13)6(7,8)9/h2H2,1H3,(H,10,11,13). The minimum Gasteiger partial charge on any atom is -0.297 e. The number of thioether (sulfide) groups is 1. The summed E-state index contributed by atoms with van der Waals surface area (Å²) in [7, 11) is 0. The van der Waals surface area contributed by atoms with Crippen molar-refractivity contribution in [1.82, 2.24) is 10.2 Å². The van der Waals surface area contributed by atoms with E-state index in [1.807, 2.05) is 6.92 Å². The van der Waals surface area contributed by atoms with Gasteiger partial charge in [0, 0.05) is 0 Å². The van der Waals surface area contributed by atoms with E-state index in [1.54, 1.807) is 0 Å². The fraction of sp³-hybridized carbons (Fsp3) is 0.500. The number of halogens is 3. The van der Waals surface area contributed by atoms with Crippen molar-refractivity contribution >= 4 is 68.9 Å². The van der Waals surface area contributed by atoms with Crippen LogP contribution in [0.3, 0.4) is 0 Å². The van der Waals surface area contributed by atoms with Gasteiger partial charge in [0.05, 0.1) is 0 Å². The first-order valence-corrected chi connectivity index (χ1v) is 6.71. The van der Waals surface area contributed by atoms with Crippen molar-refractivity contribution in [1.29, 1.82) is 0 Å². The van der Waals surface area contributed by atoms with Crippen LogP contribution in [-0.2, 0) is 4.79 Å². The summed E-state index contributed by atoms with van der Waals surface area (Å²) in [6, 6.07) is 0. The van der Waals surface area contributed by atoms with Gasteiger partial charge in [-0.25, -0.2) is 0 Å². The maximum Gasteiger partial charge on any atom is 0.278 e. The van der Waals surface area contributed by atoms with E-state index in [0.29, 0.717) is 5.13 Å². The number of nitrogens with one attached hydrogen (secondary N) is 1. The largest absolute Gasteiger partial charge is 0.297 e. The molecule has 84 valence electrons. The minimum absolute atomic E-state index is 0.322. The molecule has 0 aliphatic carbocycles. The van der Waals surface area contributed by atoms with Gasteiger partial charge < -0.3 is 0 Å². The minimum atomic E-state index is -1.98. The fourth-order valence-corrected chi connectivity index (χ4v) is 2.40. The molecule has 1 rings (SSSR count). The first-order valence-electron chi connectivity index (χ1n) is 3.78. The molecule has 4 nitrogen and oxygen atoms in total. The van der Waals surface area contributed by atoms with E-state index in [1.165, 1.54) is 23.1 Å². The summed E-state index contributed by atoms with van der Waals surface area (Å²) < 4.78 is -1.22. The molecule has 0 saturated carbocycles. The van der Waals surface area contributed by atoms with Crippen molar-refractivity contribution in [2.24, 2.45) is 0 Å². The van der Waals surface area contributed by atoms with Crippen LogP contribution in [0.5, 0.6) is 0 Å². The lowest BCUT2D eigenvalue weighted by molar-refractivity contribution is -0.115. The summed E-state index contributed by atoms with van der Waals surface area (Å²) in [6.07, 6.45) is 0. The van der Waals surface area contributed by atoms with Gasteiger partial charge in [0.2, 0.25) is 5.13 Å². The Bertz CT molecular complexity index is 352. The molecule has 1 N–H and O–H groups in total. The summed E-state index contributed by atoms with van der Waals surface area (Å²) in [5.41, 5.74) is 0. The second kappa shape index (κ2) is 5.54. The number of alkyl halides is 3. The van der Waals surface area contributed by atoms with Gasteiger partial charge in [-0.2, -0.15) is 0 Å². The zero-order valence-corrected chi connectivity index (χ0v) is 11.4. The Labute approximate surface area is 110 Å². The van der Waals surface area contributed by atoms with Gasteiger partial charge in [0.15, 0.2) is 4.34 Å². The molecule has 1 amide bonds. The molecule has 0 unspecified atom stereocenters. The molecular weight excluding hydrogens is 301 g/mol. The van der Waals surface area contributed by atoms with E-state index in [0.717, 1.165) is 10.1 Å². The number of aromatic nitrogens is 2. The van der Waals surface area contributed by atoms with Gasteiger partial charge in [-0.15, -0.1) is 10.2 Å². The van der Waals surface area contributed by atoms with Crippen molar-refractivity contribution < 1.29 is 4.79 Å². The third-order valence-corrected chi connectivity index (χ3v) is 3.52. The topological polar surface area (TPSA) is 54.9 Å². The predicted octanol–water partition coefficient (Wildman–Crippen LogP) is 2.96. The van der Waals surface area contributed by atoms with Gasteiger partial charge in [-0.3, -0.25) is 10.1 Å². The maximum absolute atomic E-state index is 11.2. The molecule has 0 spiro atoms. The number of rotatable bonds is 3. The molecule has 0 aliphatic rings. The Balaban J connectivity index is 2.61. The lowest BCUT2D eigenvalue weighted by Gasteiger charge is -2.07. The molecule has 1 heterocycles. The highest BCUT2D eigenvalue weighted by atomic mass is 35.6. The molecule has 0 saturated heterocycles. The van der Waals surface area contributed by atoms with Gasteiger partial charge in [0.25, 0.3) is 9.70 Å². The second-order valence-corrected chi connectivity index (χ2v) is 7.03. The SMILES string of the molecule is CCSc1nnc(NC(=O)C(Cl)(Cl)Cl)s1. The average molecular weight is 307 g/mol. The molecule has 0 bridgehead atoms. The van der Waals surface area contributed by atoms with Gasteiger partial charge in [-0.05, 0) is 5.75 Å². The van der Waals surface area contributed by atoms with Crippen molar-refractivity contribution in [2.45, 2.75) is 15.1 Å². The number of nitrogens with zero attached hydrogens (tertiary/aromatic N) is 2. The first-order chi connectivity index (χ1) is 6.93. The molecule has 1 aromatic heterocycles. The van der Waals surface area contributed by atoms with Crippen molar-refractivity contribution in [3.63, 3.8) is 0 Å². The molecule has 15 heavy (non-hydrogen) atoms. The lowest BCUT2D eigenvalue weighted by Crippen LogP contribution is -2.26. The Kier molecular flexibility index (Phi) is 4.92. The summed E-state index contributed by atoms with van der Waals surface area (Å²) in [4.78, 5) is 11.2. The summed E-state index contributed by atoms with van der Waals surface area (Å²) in [6.45, 7) is 1.99. The predicted molar refractivity (Wildman–Crippen MR) is 65.2 cm³/mol. The Morgan fingerprint density at radius 3 is 2.73 bits per heavy atom. The third kappa shape index (κ3) is 4.32. The monoisotopic (exact) mass is 305 g/mol. The summed E-state index contributed by atoms with van der Waals surface area (Å²) in [5, 5.41) is 10.2. The number of amides is 1. The van der Waals surface area contributed by atoms with Crippen LogP contribution in [0.15, 0.2) is 4.34 Å². The van der Waals surface area contributed by atoms with Gasteiger partial charge >= 0.3 is 0 Å². The number of carbonyl (C=O) groups is 1. The molecule has 1 aromatic rings. The highest BCUT2D eigenvalue weighted by Crippen LogP contribution is 2.30. The number of hydrogen-bond acceptors (Lipinski definition) is 5. The number of carbonyl (C=O) groups excluding carboxylic acids is 1. The van der Waals surface area contributed by atoms with Crippen LogP contribution in [0.25, 0.3) is 0 Å². The highest BCUT2D eigenvalue weighted by Gasteiger charge is 2.31. The van der Waals surface area contributed by atoms with Crippen molar-refractivity contribution in [2.75, 3.05) is 11.1 Å². The average Bonchev–Trinajstić information content (AvgIpc) is 2.51. The van der Waals surface area contributed by atoms with Crippen LogP contribution in [-0.4, -0.2) is 25.6 Å². The van der Waals surface area contributed by atoms with E-state index in [-0.39, 0.29) is 0 Å². The molecule has 0 radical (unpaired) electrons. The van der Waals surface area contributed by atoms with E-state index in [2.05, 4.69) is 15.5 Å². The fourth-order valence-electron chi connectivity index (χ4n) is 0.610. The van der Waals surface area contributed by atoms with Gasteiger partial charge in [0.1, 0.15) is 0 Å². The molecule has 9 heteroatoms. The molecule has 0 fully saturated rings. The van der Waals surface area contributed by atoms with Crippen LogP contribution in [0.4, 0.5) is 5.13 Å². The van der Waals surface area contributed by atoms with Crippen LogP contribution in [0.2, 0.25) is 0 Å². The maximum atomic E-state index is 11.2. The molecule has 0 aliphatic heterocycles. The third-order valence-electron chi connectivity index (χ3n) is 1.15. The van der Waals surface area contributed by atoms with Gasteiger partial charge in [-0.1, -0.05) is 64.8 Å². The van der Waals surface area contributed by atoms with Crippen LogP contribution < -0.4 is 5.32 Å². The zero-order valence-electron chi connectivity index (χ0n) is 7.46. The lowest BCUT2D eigenvalue weighted by atomic mass is 10.7.